The van der Waals surface area contributed by atoms with E-state index >= 15 is 0 Å². The number of primary amides is 1. The number of aromatic nitrogens is 3. The van der Waals surface area contributed by atoms with Crippen molar-refractivity contribution >= 4 is 29.3 Å². The Labute approximate surface area is 206 Å². The third-order valence-electron chi connectivity index (χ3n) is 6.40. The molecule has 0 radical (unpaired) electrons. The number of hydrogen-bond donors (Lipinski definition) is 4. The van der Waals surface area contributed by atoms with E-state index in [0.717, 1.165) is 60.0 Å². The minimum absolute atomic E-state index is 0.189. The van der Waals surface area contributed by atoms with E-state index in [1.165, 1.54) is 6.08 Å². The molecule has 1 saturated heterocycles. The highest BCUT2D eigenvalue weighted by Gasteiger charge is 2.24. The number of carbonyl (C=O) groups excluding carboxylic acids is 1. The summed E-state index contributed by atoms with van der Waals surface area (Å²) in [7, 11) is 1.77. The second-order valence-electron chi connectivity index (χ2n) is 9.26. The van der Waals surface area contributed by atoms with Gasteiger partial charge in [0.1, 0.15) is 11.6 Å². The largest absolute Gasteiger partial charge is 0.380 e. The number of carbonyl (C=O) groups is 1. The summed E-state index contributed by atoms with van der Waals surface area (Å²) in [6.07, 6.45) is 6.23. The van der Waals surface area contributed by atoms with E-state index in [1.54, 1.807) is 13.2 Å². The Morgan fingerprint density at radius 1 is 1.34 bits per heavy atom. The molecular formula is C26H35N7O2. The van der Waals surface area contributed by atoms with Gasteiger partial charge in [-0.25, -0.2) is 4.98 Å². The monoisotopic (exact) mass is 477 g/mol. The Balaban J connectivity index is 1.56. The first-order valence-corrected chi connectivity index (χ1v) is 12.1. The van der Waals surface area contributed by atoms with Gasteiger partial charge in [0, 0.05) is 50.4 Å². The fourth-order valence-corrected chi connectivity index (χ4v) is 4.41. The van der Waals surface area contributed by atoms with Crippen LogP contribution >= 0.6 is 0 Å². The number of ether oxygens (including phenoxy) is 1. The van der Waals surface area contributed by atoms with Gasteiger partial charge < -0.3 is 26.4 Å². The maximum atomic E-state index is 11.1. The van der Waals surface area contributed by atoms with E-state index in [0.29, 0.717) is 18.4 Å². The van der Waals surface area contributed by atoms with Gasteiger partial charge in [-0.2, -0.15) is 9.61 Å². The lowest BCUT2D eigenvalue weighted by Gasteiger charge is -2.31. The highest BCUT2D eigenvalue weighted by molar-refractivity contribution is 5.90. The molecule has 0 aliphatic carbocycles. The SMILES string of the molecule is CO[C@H]1CNCC[C@@H]1CNc1cc(NCc2cccc(C=CC(N)=O)c2)n2ncc(C(C)C)c2n1. The third kappa shape index (κ3) is 6.17. The minimum Gasteiger partial charge on any atom is -0.380 e. The Morgan fingerprint density at radius 3 is 2.97 bits per heavy atom. The fraction of sp³-hybridized carbons (Fsp3) is 0.423. The lowest BCUT2D eigenvalue weighted by atomic mass is 9.95. The van der Waals surface area contributed by atoms with Crippen LogP contribution in [0.4, 0.5) is 11.6 Å². The molecule has 4 rings (SSSR count). The molecule has 1 fully saturated rings. The molecule has 1 aromatic carbocycles. The predicted octanol–water partition coefficient (Wildman–Crippen LogP) is 3.00. The first kappa shape index (κ1) is 24.7. The van der Waals surface area contributed by atoms with Crippen molar-refractivity contribution in [3.8, 4) is 0 Å². The normalized spacial score (nSPS) is 18.4. The number of nitrogens with two attached hydrogens (primary N) is 1. The molecule has 9 nitrogen and oxygen atoms in total. The summed E-state index contributed by atoms with van der Waals surface area (Å²) >= 11 is 0. The molecule has 5 N–H and O–H groups in total. The second-order valence-corrected chi connectivity index (χ2v) is 9.26. The van der Waals surface area contributed by atoms with Crippen molar-refractivity contribution in [1.29, 1.82) is 0 Å². The van der Waals surface area contributed by atoms with Gasteiger partial charge in [-0.05, 0) is 42.2 Å². The van der Waals surface area contributed by atoms with Crippen LogP contribution < -0.4 is 21.7 Å². The van der Waals surface area contributed by atoms with Crippen LogP contribution in [0.1, 0.15) is 42.9 Å². The number of rotatable bonds is 10. The number of nitrogens with zero attached hydrogens (tertiary/aromatic N) is 3. The van der Waals surface area contributed by atoms with Crippen molar-refractivity contribution < 1.29 is 9.53 Å². The average Bonchev–Trinajstić information content (AvgIpc) is 3.30. The van der Waals surface area contributed by atoms with E-state index in [2.05, 4.69) is 34.9 Å². The molecule has 0 bridgehead atoms. The fourth-order valence-electron chi connectivity index (χ4n) is 4.41. The molecule has 1 aliphatic heterocycles. The van der Waals surface area contributed by atoms with Crippen molar-refractivity contribution in [2.75, 3.05) is 37.4 Å². The van der Waals surface area contributed by atoms with Gasteiger partial charge in [0.25, 0.3) is 0 Å². The first-order valence-electron chi connectivity index (χ1n) is 12.1. The average molecular weight is 478 g/mol. The van der Waals surface area contributed by atoms with Gasteiger partial charge >= 0.3 is 0 Å². The standard InChI is InChI=1S/C26H35N7O2/c1-17(2)21-15-31-33-25(30-13-19-6-4-5-18(11-19)7-8-23(27)34)12-24(32-26(21)33)29-14-20-9-10-28-16-22(20)35-3/h4-8,11-12,15,17,20,22,28,30H,9-10,13-14,16H2,1-3H3,(H2,27,34)(H,29,32)/t20-,22+/m1/s1. The lowest BCUT2D eigenvalue weighted by Crippen LogP contribution is -2.44. The molecule has 3 heterocycles. The van der Waals surface area contributed by atoms with Crippen molar-refractivity contribution in [1.82, 2.24) is 19.9 Å². The summed E-state index contributed by atoms with van der Waals surface area (Å²) in [5.74, 6) is 1.93. The maximum Gasteiger partial charge on any atom is 0.241 e. The molecule has 35 heavy (non-hydrogen) atoms. The summed E-state index contributed by atoms with van der Waals surface area (Å²) in [6, 6.07) is 9.96. The van der Waals surface area contributed by atoms with E-state index in [-0.39, 0.29) is 6.10 Å². The summed E-state index contributed by atoms with van der Waals surface area (Å²) in [5.41, 5.74) is 9.16. The molecule has 2 atom stereocenters. The van der Waals surface area contributed by atoms with Crippen LogP contribution in [0.25, 0.3) is 11.7 Å². The smallest absolute Gasteiger partial charge is 0.241 e. The number of anilines is 2. The molecule has 1 aliphatic rings. The Bertz CT molecular complexity index is 1190. The van der Waals surface area contributed by atoms with E-state index in [1.807, 2.05) is 41.0 Å². The third-order valence-corrected chi connectivity index (χ3v) is 6.40. The molecule has 2 aromatic heterocycles. The van der Waals surface area contributed by atoms with Gasteiger partial charge in [-0.3, -0.25) is 4.79 Å². The van der Waals surface area contributed by atoms with Crippen LogP contribution in [-0.4, -0.2) is 53.4 Å². The van der Waals surface area contributed by atoms with Crippen molar-refractivity contribution in [3.05, 3.63) is 59.3 Å². The predicted molar refractivity (Wildman–Crippen MR) is 139 cm³/mol. The zero-order chi connectivity index (χ0) is 24.8. The van der Waals surface area contributed by atoms with Gasteiger partial charge in [-0.1, -0.05) is 32.0 Å². The van der Waals surface area contributed by atoms with Gasteiger partial charge in [0.05, 0.1) is 12.3 Å². The summed E-state index contributed by atoms with van der Waals surface area (Å²) in [5, 5.41) is 15.1. The van der Waals surface area contributed by atoms with Crippen molar-refractivity contribution in [2.45, 2.75) is 38.8 Å². The summed E-state index contributed by atoms with van der Waals surface area (Å²) < 4.78 is 7.53. The quantitative estimate of drug-likeness (QED) is 0.332. The highest BCUT2D eigenvalue weighted by atomic mass is 16.5. The van der Waals surface area contributed by atoms with E-state index in [9.17, 15) is 4.79 Å². The number of methoxy groups -OCH3 is 1. The Kier molecular flexibility index (Phi) is 7.99. The van der Waals surface area contributed by atoms with Crippen LogP contribution in [0.3, 0.4) is 0 Å². The molecule has 9 heteroatoms. The molecular weight excluding hydrogens is 442 g/mol. The van der Waals surface area contributed by atoms with Crippen LogP contribution in [0.15, 0.2) is 42.6 Å². The summed E-state index contributed by atoms with van der Waals surface area (Å²) in [6.45, 7) is 7.55. The molecule has 0 unspecified atom stereocenters. The van der Waals surface area contributed by atoms with Gasteiger partial charge in [0.2, 0.25) is 5.91 Å². The number of piperidine rings is 1. The molecule has 1 amide bonds. The van der Waals surface area contributed by atoms with E-state index in [4.69, 9.17) is 15.5 Å². The summed E-state index contributed by atoms with van der Waals surface area (Å²) in [4.78, 5) is 16.0. The number of fused-ring (bicyclic) bond motifs is 1. The molecule has 0 saturated carbocycles. The van der Waals surface area contributed by atoms with Crippen LogP contribution in [0.2, 0.25) is 0 Å². The van der Waals surface area contributed by atoms with Crippen molar-refractivity contribution in [2.24, 2.45) is 11.7 Å². The molecule has 186 valence electrons. The Morgan fingerprint density at radius 2 is 2.20 bits per heavy atom. The lowest BCUT2D eigenvalue weighted by molar-refractivity contribution is -0.113. The van der Waals surface area contributed by atoms with Gasteiger partial charge in [0.15, 0.2) is 5.65 Å². The van der Waals surface area contributed by atoms with E-state index < -0.39 is 5.91 Å². The van der Waals surface area contributed by atoms with Gasteiger partial charge in [-0.15, -0.1) is 0 Å². The van der Waals surface area contributed by atoms with Crippen LogP contribution in [0, 0.1) is 5.92 Å². The number of hydrogen-bond acceptors (Lipinski definition) is 7. The highest BCUT2D eigenvalue weighted by Crippen LogP contribution is 2.25. The molecule has 0 spiro atoms. The number of nitrogens with one attached hydrogen (secondary N) is 3. The minimum atomic E-state index is -0.464. The zero-order valence-electron chi connectivity index (χ0n) is 20.6. The topological polar surface area (TPSA) is 119 Å². The first-order chi connectivity index (χ1) is 16.9. The molecule has 3 aromatic rings. The van der Waals surface area contributed by atoms with Crippen molar-refractivity contribution in [3.63, 3.8) is 0 Å². The van der Waals surface area contributed by atoms with Crippen LogP contribution in [0.5, 0.6) is 0 Å². The Hall–Kier alpha value is -3.43. The second kappa shape index (κ2) is 11.3. The zero-order valence-corrected chi connectivity index (χ0v) is 20.6. The van der Waals surface area contributed by atoms with Crippen LogP contribution in [-0.2, 0) is 16.1 Å². The number of benzene rings is 1. The number of amides is 1. The maximum absolute atomic E-state index is 11.1.